The zero-order chi connectivity index (χ0) is 26.6. The minimum Gasteiger partial charge on any atom is -0.282 e. The second kappa shape index (κ2) is 8.16. The molecule has 0 radical (unpaired) electrons. The van der Waals surface area contributed by atoms with Crippen molar-refractivity contribution in [1.82, 2.24) is 0 Å². The predicted octanol–water partition coefficient (Wildman–Crippen LogP) is 6.26. The standard InChI is InChI=1S/C16H13F13O3S/c1-3-10(17)12(20,21)14(24,25)16(28,29)15(26,27)13(22,23)11(18,19)8-6-7(2)4-5-9(8)33(30,31)32/h4-6,10H,3H2,1-2H3,(H,30,31,32). The molecule has 1 aromatic rings. The molecule has 0 aliphatic heterocycles. The van der Waals surface area contributed by atoms with Crippen LogP contribution in [0.3, 0.4) is 0 Å². The average Bonchev–Trinajstić information content (AvgIpc) is 2.65. The van der Waals surface area contributed by atoms with Gasteiger partial charge in [0.25, 0.3) is 10.1 Å². The van der Waals surface area contributed by atoms with Crippen LogP contribution >= 0.6 is 0 Å². The summed E-state index contributed by atoms with van der Waals surface area (Å²) in [5.41, 5.74) is -3.31. The summed E-state index contributed by atoms with van der Waals surface area (Å²) in [6.07, 6.45) is -5.95. The molecule has 192 valence electrons. The minimum atomic E-state index is -8.02. The van der Waals surface area contributed by atoms with Crippen molar-refractivity contribution < 1.29 is 70.0 Å². The van der Waals surface area contributed by atoms with Gasteiger partial charge >= 0.3 is 35.5 Å². The average molecular weight is 532 g/mol. The molecular weight excluding hydrogens is 519 g/mol. The molecule has 0 spiro atoms. The topological polar surface area (TPSA) is 54.4 Å². The van der Waals surface area contributed by atoms with Gasteiger partial charge in [0.15, 0.2) is 6.17 Å². The van der Waals surface area contributed by atoms with Crippen molar-refractivity contribution in [3.05, 3.63) is 29.3 Å². The minimum absolute atomic E-state index is 0.0159. The Morgan fingerprint density at radius 1 is 0.818 bits per heavy atom. The Bertz CT molecular complexity index is 989. The fourth-order valence-corrected chi connectivity index (χ4v) is 3.24. The molecule has 1 rings (SSSR count). The van der Waals surface area contributed by atoms with Gasteiger partial charge in [-0.3, -0.25) is 4.55 Å². The number of hydrogen-bond acceptors (Lipinski definition) is 2. The molecule has 1 aromatic carbocycles. The van der Waals surface area contributed by atoms with Crippen molar-refractivity contribution in [2.75, 3.05) is 0 Å². The maximum Gasteiger partial charge on any atom is 0.385 e. The molecule has 17 heteroatoms. The zero-order valence-electron chi connectivity index (χ0n) is 16.1. The Hall–Kier alpha value is -1.78. The van der Waals surface area contributed by atoms with Crippen molar-refractivity contribution in [2.45, 2.75) is 66.9 Å². The normalized spacial score (nSPS) is 16.1. The first-order chi connectivity index (χ1) is 14.4. The highest BCUT2D eigenvalue weighted by atomic mass is 32.2. The Labute approximate surface area is 177 Å². The van der Waals surface area contributed by atoms with Gasteiger partial charge in [0.1, 0.15) is 4.90 Å². The summed E-state index contributed by atoms with van der Waals surface area (Å²) >= 11 is 0. The van der Waals surface area contributed by atoms with Crippen LogP contribution in [-0.4, -0.2) is 48.8 Å². The molecule has 3 nitrogen and oxygen atoms in total. The Morgan fingerprint density at radius 2 is 1.24 bits per heavy atom. The summed E-state index contributed by atoms with van der Waals surface area (Å²) in [5, 5.41) is 0. The second-order valence-electron chi connectivity index (χ2n) is 6.85. The van der Waals surface area contributed by atoms with Gasteiger partial charge in [0.05, 0.1) is 0 Å². The first-order valence-corrected chi connectivity index (χ1v) is 9.79. The Morgan fingerprint density at radius 3 is 1.64 bits per heavy atom. The van der Waals surface area contributed by atoms with Crippen LogP contribution in [0.25, 0.3) is 0 Å². The molecule has 1 atom stereocenters. The Balaban J connectivity index is 3.85. The van der Waals surface area contributed by atoms with Crippen molar-refractivity contribution in [3.8, 4) is 0 Å². The number of hydrogen-bond donors (Lipinski definition) is 1. The van der Waals surface area contributed by atoms with Crippen LogP contribution in [0.5, 0.6) is 0 Å². The van der Waals surface area contributed by atoms with Crippen LogP contribution in [0.4, 0.5) is 57.1 Å². The van der Waals surface area contributed by atoms with Gasteiger partial charge in [-0.1, -0.05) is 18.6 Å². The molecule has 1 N–H and O–H groups in total. The zero-order valence-corrected chi connectivity index (χ0v) is 16.9. The monoisotopic (exact) mass is 532 g/mol. The largest absolute Gasteiger partial charge is 0.385 e. The van der Waals surface area contributed by atoms with Crippen LogP contribution in [0, 0.1) is 6.92 Å². The van der Waals surface area contributed by atoms with E-state index in [0.717, 1.165) is 6.92 Å². The number of aryl methyl sites for hydroxylation is 1. The maximum absolute atomic E-state index is 14.4. The second-order valence-corrected chi connectivity index (χ2v) is 8.24. The summed E-state index contributed by atoms with van der Waals surface area (Å²) in [7, 11) is -5.90. The summed E-state index contributed by atoms with van der Waals surface area (Å²) in [6.45, 7) is 1.17. The molecule has 0 aliphatic rings. The Kier molecular flexibility index (Phi) is 7.24. The number of alkyl halides is 13. The van der Waals surface area contributed by atoms with E-state index in [1.165, 1.54) is 0 Å². The molecule has 0 aromatic heterocycles. The quantitative estimate of drug-likeness (QED) is 0.302. The molecule has 0 fully saturated rings. The van der Waals surface area contributed by atoms with E-state index in [1.54, 1.807) is 0 Å². The third kappa shape index (κ3) is 4.14. The molecular formula is C16H13F13O3S. The van der Waals surface area contributed by atoms with E-state index in [0.29, 0.717) is 13.0 Å². The highest BCUT2D eigenvalue weighted by molar-refractivity contribution is 7.85. The van der Waals surface area contributed by atoms with Gasteiger partial charge in [0, 0.05) is 5.56 Å². The van der Waals surface area contributed by atoms with Gasteiger partial charge in [-0.05, 0) is 25.5 Å². The van der Waals surface area contributed by atoms with Crippen molar-refractivity contribution in [2.24, 2.45) is 0 Å². The van der Waals surface area contributed by atoms with Gasteiger partial charge in [0.2, 0.25) is 0 Å². The van der Waals surface area contributed by atoms with E-state index in [-0.39, 0.29) is 12.1 Å². The van der Waals surface area contributed by atoms with E-state index in [2.05, 4.69) is 0 Å². The third-order valence-electron chi connectivity index (χ3n) is 4.50. The molecule has 0 heterocycles. The lowest BCUT2D eigenvalue weighted by molar-refractivity contribution is -0.431. The van der Waals surface area contributed by atoms with Crippen LogP contribution in [0.15, 0.2) is 23.1 Å². The number of rotatable bonds is 9. The fourth-order valence-electron chi connectivity index (χ4n) is 2.54. The molecule has 0 saturated carbocycles. The lowest BCUT2D eigenvalue weighted by Crippen LogP contribution is -2.71. The lowest BCUT2D eigenvalue weighted by Gasteiger charge is -2.42. The van der Waals surface area contributed by atoms with Crippen LogP contribution < -0.4 is 0 Å². The van der Waals surface area contributed by atoms with E-state index in [9.17, 15) is 65.5 Å². The van der Waals surface area contributed by atoms with Crippen molar-refractivity contribution in [3.63, 3.8) is 0 Å². The van der Waals surface area contributed by atoms with Gasteiger partial charge in [-0.2, -0.15) is 61.1 Å². The predicted molar refractivity (Wildman–Crippen MR) is 84.8 cm³/mol. The van der Waals surface area contributed by atoms with E-state index < -0.39 is 74.3 Å². The van der Waals surface area contributed by atoms with Gasteiger partial charge in [-0.15, -0.1) is 0 Å². The SMILES string of the molecule is CCC(F)C(F)(F)C(F)(F)C(F)(F)C(F)(F)C(F)(F)C(F)(F)c1cc(C)ccc1S(=O)(=O)O. The van der Waals surface area contributed by atoms with E-state index >= 15 is 0 Å². The van der Waals surface area contributed by atoms with E-state index in [1.807, 2.05) is 0 Å². The first kappa shape index (κ1) is 29.3. The molecule has 33 heavy (non-hydrogen) atoms. The molecule has 0 amide bonds. The third-order valence-corrected chi connectivity index (χ3v) is 5.41. The fraction of sp³-hybridized carbons (Fsp3) is 0.625. The van der Waals surface area contributed by atoms with Crippen molar-refractivity contribution in [1.29, 1.82) is 0 Å². The molecule has 0 aliphatic carbocycles. The van der Waals surface area contributed by atoms with Crippen LogP contribution in [0.1, 0.15) is 24.5 Å². The summed E-state index contributed by atoms with van der Waals surface area (Å²) < 4.78 is 211. The molecule has 0 bridgehead atoms. The summed E-state index contributed by atoms with van der Waals surface area (Å²) in [5.74, 6) is -44.8. The highest BCUT2D eigenvalue weighted by Crippen LogP contribution is 2.62. The van der Waals surface area contributed by atoms with Crippen molar-refractivity contribution >= 4 is 10.1 Å². The summed E-state index contributed by atoms with van der Waals surface area (Å²) in [6, 6.07) is 0.291. The number of halogens is 13. The van der Waals surface area contributed by atoms with Crippen LogP contribution in [0.2, 0.25) is 0 Å². The lowest BCUT2D eigenvalue weighted by atomic mass is 9.87. The van der Waals surface area contributed by atoms with Crippen LogP contribution in [-0.2, 0) is 16.0 Å². The first-order valence-electron chi connectivity index (χ1n) is 8.35. The summed E-state index contributed by atoms with van der Waals surface area (Å²) in [4.78, 5) is -2.19. The maximum atomic E-state index is 14.4. The smallest absolute Gasteiger partial charge is 0.282 e. The number of benzene rings is 1. The molecule has 1 unspecified atom stereocenters. The van der Waals surface area contributed by atoms with Gasteiger partial charge in [-0.25, -0.2) is 4.39 Å². The molecule has 0 saturated heterocycles. The highest BCUT2D eigenvalue weighted by Gasteiger charge is 2.91. The van der Waals surface area contributed by atoms with Gasteiger partial charge < -0.3 is 0 Å². The van der Waals surface area contributed by atoms with E-state index in [4.69, 9.17) is 4.55 Å².